The van der Waals surface area contributed by atoms with E-state index in [1.54, 1.807) is 0 Å². The van der Waals surface area contributed by atoms with Gasteiger partial charge in [0.15, 0.2) is 0 Å². The van der Waals surface area contributed by atoms with E-state index in [4.69, 9.17) is 0 Å². The molecule has 138 valence electrons. The lowest BCUT2D eigenvalue weighted by Gasteiger charge is -2.29. The van der Waals surface area contributed by atoms with Gasteiger partial charge in [-0.2, -0.15) is 5.26 Å². The van der Waals surface area contributed by atoms with Crippen LogP contribution >= 0.6 is 11.3 Å². The Bertz CT molecular complexity index is 816. The Morgan fingerprint density at radius 1 is 1.12 bits per heavy atom. The summed E-state index contributed by atoms with van der Waals surface area (Å²) in [4.78, 5) is 25.7. The van der Waals surface area contributed by atoms with Crippen LogP contribution in [0.5, 0.6) is 0 Å². The first kappa shape index (κ1) is 18.7. The van der Waals surface area contributed by atoms with Crippen LogP contribution in [0.3, 0.4) is 0 Å². The van der Waals surface area contributed by atoms with Crippen LogP contribution in [0.4, 0.5) is 5.00 Å². The van der Waals surface area contributed by atoms with E-state index < -0.39 is 17.8 Å². The number of carboxylic acids is 1. The first-order valence-electron chi connectivity index (χ1n) is 9.16. The number of nitrogens with zero attached hydrogens (tertiary/aromatic N) is 1. The van der Waals surface area contributed by atoms with Crippen molar-refractivity contribution in [1.82, 2.24) is 0 Å². The Morgan fingerprint density at radius 3 is 2.42 bits per heavy atom. The van der Waals surface area contributed by atoms with Crippen LogP contribution in [0.2, 0.25) is 0 Å². The molecule has 5 nitrogen and oxygen atoms in total. The van der Waals surface area contributed by atoms with Crippen LogP contribution < -0.4 is 5.32 Å². The van der Waals surface area contributed by atoms with Crippen molar-refractivity contribution >= 4 is 28.2 Å². The Balaban J connectivity index is 1.86. The first-order chi connectivity index (χ1) is 12.4. The number of nitriles is 1. The van der Waals surface area contributed by atoms with Crippen molar-refractivity contribution in [3.05, 3.63) is 27.2 Å². The molecule has 0 radical (unpaired) electrons. The van der Waals surface area contributed by atoms with E-state index in [2.05, 4.69) is 11.4 Å². The van der Waals surface area contributed by atoms with Crippen molar-refractivity contribution < 1.29 is 14.7 Å². The van der Waals surface area contributed by atoms with Gasteiger partial charge in [0.2, 0.25) is 5.91 Å². The minimum Gasteiger partial charge on any atom is -0.481 e. The normalized spacial score (nSPS) is 23.0. The molecule has 3 rings (SSSR count). The molecule has 2 atom stereocenters. The van der Waals surface area contributed by atoms with Gasteiger partial charge in [0, 0.05) is 4.88 Å². The van der Waals surface area contributed by atoms with Gasteiger partial charge in [0.05, 0.1) is 17.4 Å². The molecular formula is C20H24N2O3S. The van der Waals surface area contributed by atoms with Crippen molar-refractivity contribution in [3.63, 3.8) is 0 Å². The van der Waals surface area contributed by atoms with E-state index in [-0.39, 0.29) is 5.91 Å². The van der Waals surface area contributed by atoms with Gasteiger partial charge in [-0.25, -0.2) is 0 Å². The molecule has 0 spiro atoms. The Labute approximate surface area is 157 Å². The lowest BCUT2D eigenvalue weighted by atomic mass is 9.76. The van der Waals surface area contributed by atoms with Crippen molar-refractivity contribution in [2.24, 2.45) is 11.8 Å². The van der Waals surface area contributed by atoms with Gasteiger partial charge < -0.3 is 10.4 Å². The molecule has 0 unspecified atom stereocenters. The Hall–Kier alpha value is -2.13. The molecule has 1 heterocycles. The fourth-order valence-electron chi connectivity index (χ4n) is 3.98. The second-order valence-electron chi connectivity index (χ2n) is 7.39. The molecule has 2 aliphatic carbocycles. The van der Waals surface area contributed by atoms with E-state index in [0.717, 1.165) is 42.4 Å². The lowest BCUT2D eigenvalue weighted by molar-refractivity contribution is -0.146. The number of rotatable bonds is 3. The maximum atomic E-state index is 12.9. The molecule has 1 aromatic heterocycles. The number of aryl methyl sites for hydroxylation is 1. The monoisotopic (exact) mass is 372 g/mol. The number of thiophene rings is 1. The van der Waals surface area contributed by atoms with Gasteiger partial charge >= 0.3 is 5.97 Å². The predicted molar refractivity (Wildman–Crippen MR) is 101 cm³/mol. The molecule has 0 aliphatic heterocycles. The number of carbonyl (C=O) groups is 2. The largest absolute Gasteiger partial charge is 0.481 e. The highest BCUT2D eigenvalue weighted by molar-refractivity contribution is 7.16. The number of hydrogen-bond acceptors (Lipinski definition) is 4. The molecule has 2 N–H and O–H groups in total. The third kappa shape index (κ3) is 3.54. The van der Waals surface area contributed by atoms with E-state index in [1.807, 2.05) is 13.8 Å². The van der Waals surface area contributed by atoms with Crippen LogP contribution in [-0.4, -0.2) is 17.0 Å². The first-order valence-corrected chi connectivity index (χ1v) is 9.97. The fraction of sp³-hybridized carbons (Fsp3) is 0.550. The predicted octanol–water partition coefficient (Wildman–Crippen LogP) is 4.27. The van der Waals surface area contributed by atoms with E-state index in [0.29, 0.717) is 23.4 Å². The quantitative estimate of drug-likeness (QED) is 0.612. The number of nitrogens with one attached hydrogen (secondary N) is 1. The molecule has 1 amide bonds. The molecule has 26 heavy (non-hydrogen) atoms. The van der Waals surface area contributed by atoms with Crippen LogP contribution in [0, 0.1) is 23.2 Å². The highest BCUT2D eigenvalue weighted by Crippen LogP contribution is 2.39. The van der Waals surface area contributed by atoms with Gasteiger partial charge in [0.25, 0.3) is 0 Å². The molecule has 0 saturated heterocycles. The summed E-state index contributed by atoms with van der Waals surface area (Å²) >= 11 is 1.49. The van der Waals surface area contributed by atoms with Crippen LogP contribution in [-0.2, 0) is 22.4 Å². The van der Waals surface area contributed by atoms with Gasteiger partial charge in [-0.3, -0.25) is 9.59 Å². The van der Waals surface area contributed by atoms with Crippen LogP contribution in [0.25, 0.3) is 0 Å². The molecule has 0 saturated carbocycles. The smallest absolute Gasteiger partial charge is 0.307 e. The van der Waals surface area contributed by atoms with Crippen LogP contribution in [0.15, 0.2) is 11.1 Å². The fourth-order valence-corrected chi connectivity index (χ4v) is 5.22. The summed E-state index contributed by atoms with van der Waals surface area (Å²) < 4.78 is 0. The highest BCUT2D eigenvalue weighted by atomic mass is 32.1. The van der Waals surface area contributed by atoms with E-state index >= 15 is 0 Å². The Morgan fingerprint density at radius 2 is 1.77 bits per heavy atom. The summed E-state index contributed by atoms with van der Waals surface area (Å²) in [6.45, 7) is 3.89. The van der Waals surface area contributed by atoms with Gasteiger partial charge in [0.1, 0.15) is 11.1 Å². The summed E-state index contributed by atoms with van der Waals surface area (Å²) in [5.74, 6) is -2.51. The number of aliphatic carboxylic acids is 1. The van der Waals surface area contributed by atoms with Crippen molar-refractivity contribution in [1.29, 1.82) is 5.26 Å². The number of carbonyl (C=O) groups excluding carboxylic acids is 1. The second-order valence-corrected chi connectivity index (χ2v) is 8.49. The van der Waals surface area contributed by atoms with E-state index in [1.165, 1.54) is 22.6 Å². The molecule has 2 aliphatic rings. The molecule has 0 aromatic carbocycles. The summed E-state index contributed by atoms with van der Waals surface area (Å²) in [7, 11) is 0. The maximum absolute atomic E-state index is 12.9. The zero-order valence-electron chi connectivity index (χ0n) is 15.2. The minimum absolute atomic E-state index is 0.280. The molecule has 0 fully saturated rings. The zero-order chi connectivity index (χ0) is 18.8. The molecule has 6 heteroatoms. The lowest BCUT2D eigenvalue weighted by Crippen LogP contribution is -2.36. The van der Waals surface area contributed by atoms with Gasteiger partial charge in [-0.05, 0) is 57.9 Å². The standard InChI is InChI=1S/C20H24N2O3S/c1-11-8-14(15(20(24)25)9-12(11)2)18(23)22-19-16(10-21)13-6-4-3-5-7-17(13)26-19/h14-15H,3-9H2,1-2H3,(H,22,23)(H,24,25)/t14-,15-/m1/s1. The van der Waals surface area contributed by atoms with Crippen molar-refractivity contribution in [3.8, 4) is 6.07 Å². The SMILES string of the molecule is CC1=C(C)C[C@@H](C(=O)Nc2sc3c(c2C#N)CCCCC3)[C@H](C(=O)O)C1. The summed E-state index contributed by atoms with van der Waals surface area (Å²) in [5, 5.41) is 22.6. The average Bonchev–Trinajstić information content (AvgIpc) is 2.76. The van der Waals surface area contributed by atoms with Gasteiger partial charge in [-0.1, -0.05) is 17.6 Å². The summed E-state index contributed by atoms with van der Waals surface area (Å²) in [5.41, 5.74) is 3.80. The molecular weight excluding hydrogens is 348 g/mol. The number of anilines is 1. The number of hydrogen-bond donors (Lipinski definition) is 2. The second kappa shape index (κ2) is 7.63. The van der Waals surface area contributed by atoms with E-state index in [9.17, 15) is 20.0 Å². The van der Waals surface area contributed by atoms with Crippen LogP contribution in [0.1, 0.15) is 62.0 Å². The van der Waals surface area contributed by atoms with Gasteiger partial charge in [-0.15, -0.1) is 11.3 Å². The maximum Gasteiger partial charge on any atom is 0.307 e. The molecule has 1 aromatic rings. The summed E-state index contributed by atoms with van der Waals surface area (Å²) in [6, 6.07) is 2.26. The Kier molecular flexibility index (Phi) is 5.47. The average molecular weight is 372 g/mol. The third-order valence-corrected chi connectivity index (χ3v) is 6.90. The number of allylic oxidation sites excluding steroid dienone is 2. The number of carboxylic acid groups (broad SMARTS) is 1. The third-order valence-electron chi connectivity index (χ3n) is 5.69. The number of fused-ring (bicyclic) bond motifs is 1. The van der Waals surface area contributed by atoms with Crippen molar-refractivity contribution in [2.75, 3.05) is 5.32 Å². The summed E-state index contributed by atoms with van der Waals surface area (Å²) in [6.07, 6.45) is 6.05. The molecule has 0 bridgehead atoms. The zero-order valence-corrected chi connectivity index (χ0v) is 16.0. The highest BCUT2D eigenvalue weighted by Gasteiger charge is 2.37. The minimum atomic E-state index is -0.931. The van der Waals surface area contributed by atoms with Crippen molar-refractivity contribution in [2.45, 2.75) is 58.8 Å². The topological polar surface area (TPSA) is 90.2 Å². The number of amides is 1.